The number of hydrogen-bond donors (Lipinski definition) is 0. The van der Waals surface area contributed by atoms with E-state index in [9.17, 15) is 24.0 Å². The molecule has 0 saturated carbocycles. The summed E-state index contributed by atoms with van der Waals surface area (Å²) in [5.74, 6) is 14.4. The van der Waals surface area contributed by atoms with Crippen molar-refractivity contribution < 1.29 is 47.7 Å². The van der Waals surface area contributed by atoms with Crippen LogP contribution in [0, 0.1) is 0 Å². The van der Waals surface area contributed by atoms with Crippen LogP contribution in [-0.4, -0.2) is 87.4 Å². The van der Waals surface area contributed by atoms with E-state index in [1.807, 2.05) is 255 Å². The standard InChI is InChI=1S/2C26H23O2S.2C25H21O2S.C21H19O2S/c27-26(23-14-8-10-19-9-2-3-11-20(19)23)28-24-15-16-25(29-17-6-1-7-18-29)22-13-5-4-12-21(22)24;27-26(21-13-12-19-8-2-3-9-20(19)18-21)28-24-14-15-25(29-16-6-1-7-17-29)23-11-5-4-10-22(23)24;26-25(22-13-7-9-18-8-1-2-10-19(18)22)27-23-14-15-24(28-16-5-6-17-28)21-12-4-3-11-20(21)23;26-25(20-12-11-18-7-1-2-8-19(18)17-20)27-23-13-14-24(28-15-5-6-16-28)22-10-4-3-9-21(22)23;22-21(16-8-2-1-3-9-16)23-19-12-13-20(24-14-6-7-15-24)18-11-5-4-10-17(18)19/h2-5,8-16H,1,6-7,17-18H2;2-5,8-15,18H,1,6-7,16-17H2;1-4,7-15H,5-6,16-17H2;1-4,7-14,17H,5-6,15-16H2;1-5,8-13H,6-7,14-15H2/q5*+1. The largest absolute Gasteiger partial charge is 0.422 e. The Morgan fingerprint density at radius 3 is 0.667 bits per heavy atom. The van der Waals surface area contributed by atoms with Gasteiger partial charge >= 0.3 is 29.8 Å². The van der Waals surface area contributed by atoms with E-state index < -0.39 is 0 Å². The van der Waals surface area contributed by atoms with Gasteiger partial charge in [-0.15, -0.1) is 0 Å². The number of benzene rings is 19. The molecule has 0 aromatic heterocycles. The maximum atomic E-state index is 13.0. The highest BCUT2D eigenvalue weighted by atomic mass is 32.2. The molecule has 0 aliphatic carbocycles. The Hall–Kier alpha value is -13.4. The lowest BCUT2D eigenvalue weighted by Crippen LogP contribution is -2.18. The van der Waals surface area contributed by atoms with Crippen LogP contribution >= 0.6 is 0 Å². The van der Waals surface area contributed by atoms with Crippen LogP contribution in [0.25, 0.3) is 97.0 Å². The second-order valence-corrected chi connectivity index (χ2v) is 46.5. The van der Waals surface area contributed by atoms with Crippen molar-refractivity contribution in [1.29, 1.82) is 0 Å². The van der Waals surface area contributed by atoms with Gasteiger partial charge in [-0.05, 0) is 260 Å². The minimum absolute atomic E-state index is 0.301. The normalized spacial score (nSPS) is 14.8. The SMILES string of the molecule is O=C(Oc1ccc([S+]2CCCC2)c2ccccc12)c1ccc2ccccc2c1.O=C(Oc1ccc([S+]2CCCC2)c2ccccc12)c1cccc2ccccc12.O=C(Oc1ccc([S+]2CCCC2)c2ccccc12)c1ccccc1.O=C(Oc1ccc([S+]2CCCCC2)c2ccccc12)c1ccc2ccccc2c1.O=C(Oc1ccc([S+]2CCCCC2)c2ccccc12)c1cccc2ccccc12. The first-order chi connectivity index (χ1) is 68.0. The summed E-state index contributed by atoms with van der Waals surface area (Å²) in [5.41, 5.74) is 2.92. The third kappa shape index (κ3) is 21.0. The maximum absolute atomic E-state index is 13.0. The van der Waals surface area contributed by atoms with Gasteiger partial charge in [-0.2, -0.15) is 0 Å². The summed E-state index contributed by atoms with van der Waals surface area (Å²) in [7, 11) is 1.58. The van der Waals surface area contributed by atoms with E-state index in [0.29, 0.717) is 111 Å². The molecule has 15 heteroatoms. The summed E-state index contributed by atoms with van der Waals surface area (Å²) >= 11 is 0. The highest BCUT2D eigenvalue weighted by Crippen LogP contribution is 2.43. The van der Waals surface area contributed by atoms with Crippen LogP contribution in [0.4, 0.5) is 0 Å². The minimum atomic E-state index is -0.313. The number of carbonyl (C=O) groups is 5. The van der Waals surface area contributed by atoms with E-state index in [4.69, 9.17) is 23.7 Å². The molecule has 0 bridgehead atoms. The third-order valence-electron chi connectivity index (χ3n) is 26.4. The average Bonchev–Trinajstić information content (AvgIpc) is 1.09. The number of rotatable bonds is 15. The van der Waals surface area contributed by atoms with Gasteiger partial charge in [0.2, 0.25) is 0 Å². The fraction of sp³-hybridized carbons (Fsp3) is 0.179. The van der Waals surface area contributed by atoms with Gasteiger partial charge in [0.1, 0.15) is 86.3 Å². The zero-order valence-electron chi connectivity index (χ0n) is 77.1. The quantitative estimate of drug-likeness (QED) is 0.0555. The van der Waals surface area contributed by atoms with Gasteiger partial charge in [0.05, 0.1) is 27.8 Å². The summed E-state index contributed by atoms with van der Waals surface area (Å²) in [6.07, 6.45) is 15.9. The van der Waals surface area contributed by atoms with Crippen LogP contribution in [0.5, 0.6) is 28.7 Å². The van der Waals surface area contributed by atoms with Crippen LogP contribution < -0.4 is 23.7 Å². The van der Waals surface area contributed by atoms with Crippen molar-refractivity contribution in [3.05, 3.63) is 410 Å². The van der Waals surface area contributed by atoms with Gasteiger partial charge in [-0.1, -0.05) is 243 Å². The lowest BCUT2D eigenvalue weighted by molar-refractivity contribution is 0.0727. The van der Waals surface area contributed by atoms with E-state index in [1.165, 1.54) is 186 Å². The van der Waals surface area contributed by atoms with Crippen LogP contribution in [0.15, 0.2) is 407 Å². The van der Waals surface area contributed by atoms with E-state index in [2.05, 4.69) is 115 Å². The van der Waals surface area contributed by atoms with Gasteiger partial charge in [-0.25, -0.2) is 24.0 Å². The van der Waals surface area contributed by atoms with Crippen molar-refractivity contribution >= 4 is 181 Å². The minimum Gasteiger partial charge on any atom is -0.422 e. The van der Waals surface area contributed by atoms with Gasteiger partial charge in [-0.3, -0.25) is 0 Å². The van der Waals surface area contributed by atoms with Crippen molar-refractivity contribution in [1.82, 2.24) is 0 Å². The Bertz CT molecular complexity index is 7680. The molecule has 0 amide bonds. The number of fused-ring (bicyclic) bond motifs is 9. The third-order valence-corrected chi connectivity index (χ3v) is 39.1. The molecule has 0 unspecified atom stereocenters. The maximum Gasteiger partial charge on any atom is 0.344 e. The second-order valence-electron chi connectivity index (χ2n) is 35.3. The molecule has 5 fully saturated rings. The fourth-order valence-corrected chi connectivity index (χ4v) is 31.9. The molecule has 0 radical (unpaired) electrons. The van der Waals surface area contributed by atoms with Crippen molar-refractivity contribution in [3.8, 4) is 28.7 Å². The summed E-state index contributed by atoms with van der Waals surface area (Å²) in [4.78, 5) is 71.2. The molecule has 5 aliphatic heterocycles. The van der Waals surface area contributed by atoms with E-state index >= 15 is 0 Å². The van der Waals surface area contributed by atoms with Crippen LogP contribution in [0.2, 0.25) is 0 Å². The Balaban J connectivity index is 0.000000106. The average molecular weight is 1910 g/mol. The molecule has 5 heterocycles. The highest BCUT2D eigenvalue weighted by Gasteiger charge is 2.35. The summed E-state index contributed by atoms with van der Waals surface area (Å²) < 4.78 is 29.2. The van der Waals surface area contributed by atoms with Crippen molar-refractivity contribution in [3.63, 3.8) is 0 Å². The molecule has 138 heavy (non-hydrogen) atoms. The number of ether oxygens (including phenoxy) is 5. The molecule has 684 valence electrons. The van der Waals surface area contributed by atoms with Crippen LogP contribution in [0.3, 0.4) is 0 Å². The molecule has 10 nitrogen and oxygen atoms in total. The number of esters is 5. The Labute approximate surface area is 820 Å². The first-order valence-electron chi connectivity index (χ1n) is 48.1. The molecule has 5 aliphatic rings. The molecule has 0 N–H and O–H groups in total. The summed E-state index contributed by atoms with van der Waals surface area (Å²) in [6.45, 7) is 0. The lowest BCUT2D eigenvalue weighted by Gasteiger charge is -2.16. The summed E-state index contributed by atoms with van der Waals surface area (Å²) in [5, 5.41) is 19.5. The van der Waals surface area contributed by atoms with Crippen molar-refractivity contribution in [2.24, 2.45) is 0 Å². The molecule has 19 aromatic rings. The van der Waals surface area contributed by atoms with E-state index in [0.717, 1.165) is 70.0 Å². The summed E-state index contributed by atoms with van der Waals surface area (Å²) in [6, 6.07) is 126. The molecule has 0 spiro atoms. The zero-order chi connectivity index (χ0) is 93.5. The molecular formula is C123H107O10S5+5. The first-order valence-corrected chi connectivity index (χ1v) is 55.9. The molecule has 24 rings (SSSR count). The second kappa shape index (κ2) is 44.0. The number of carbonyl (C=O) groups excluding carboxylic acids is 5. The number of hydrogen-bond acceptors (Lipinski definition) is 10. The van der Waals surface area contributed by atoms with Crippen LogP contribution in [0.1, 0.15) is 129 Å². The zero-order valence-corrected chi connectivity index (χ0v) is 81.1. The Morgan fingerprint density at radius 1 is 0.159 bits per heavy atom. The monoisotopic (exact) mass is 1900 g/mol. The fourth-order valence-electron chi connectivity index (χ4n) is 19.4. The van der Waals surface area contributed by atoms with Gasteiger partial charge in [0, 0.05) is 108 Å². The molecule has 5 saturated heterocycles. The predicted molar refractivity (Wildman–Crippen MR) is 579 cm³/mol. The van der Waals surface area contributed by atoms with E-state index in [-0.39, 0.29) is 29.8 Å². The first kappa shape index (κ1) is 92.3. The van der Waals surface area contributed by atoms with Crippen molar-refractivity contribution in [2.45, 2.75) is 102 Å². The molecule has 0 atom stereocenters. The lowest BCUT2D eigenvalue weighted by atomic mass is 10.0. The van der Waals surface area contributed by atoms with E-state index in [1.54, 1.807) is 12.1 Å². The van der Waals surface area contributed by atoms with Crippen molar-refractivity contribution in [2.75, 3.05) is 57.5 Å². The Morgan fingerprint density at radius 2 is 0.377 bits per heavy atom. The molecular weight excluding hydrogens is 1800 g/mol. The highest BCUT2D eigenvalue weighted by molar-refractivity contribution is 7.98. The van der Waals surface area contributed by atoms with Gasteiger partial charge < -0.3 is 23.7 Å². The topological polar surface area (TPSA) is 132 Å². The van der Waals surface area contributed by atoms with Gasteiger partial charge in [0.15, 0.2) is 24.5 Å². The molecule has 19 aromatic carbocycles. The predicted octanol–water partition coefficient (Wildman–Crippen LogP) is 29.5. The van der Waals surface area contributed by atoms with Gasteiger partial charge in [0.25, 0.3) is 0 Å². The van der Waals surface area contributed by atoms with Crippen LogP contribution in [-0.2, 0) is 54.5 Å². The smallest absolute Gasteiger partial charge is 0.344 e. The Kier molecular flexibility index (Phi) is 29.4.